The summed E-state index contributed by atoms with van der Waals surface area (Å²) in [5, 5.41) is -0.207. The van der Waals surface area contributed by atoms with E-state index in [2.05, 4.69) is 4.98 Å². The molecule has 1 heterocycles. The summed E-state index contributed by atoms with van der Waals surface area (Å²) in [7, 11) is 0. The summed E-state index contributed by atoms with van der Waals surface area (Å²) < 4.78 is 45.9. The van der Waals surface area contributed by atoms with E-state index in [0.717, 1.165) is 11.8 Å². The van der Waals surface area contributed by atoms with E-state index < -0.39 is 35.7 Å². The molecule has 0 atom stereocenters. The fourth-order valence-electron chi connectivity index (χ4n) is 2.63. The van der Waals surface area contributed by atoms with Crippen LogP contribution in [0.5, 0.6) is 5.75 Å². The lowest BCUT2D eigenvalue weighted by Crippen LogP contribution is -2.44. The van der Waals surface area contributed by atoms with Gasteiger partial charge in [0.25, 0.3) is 11.8 Å². The van der Waals surface area contributed by atoms with Crippen molar-refractivity contribution in [2.75, 3.05) is 6.61 Å². The van der Waals surface area contributed by atoms with Crippen LogP contribution in [0.2, 0.25) is 0 Å². The standard InChI is InChI=1S/C20H16F3N3O3/c1-12-6-8-13(9-7-12)29-11-17(27)25-26-19(28)15-10-24-16-5-3-2-4-14(16)18(15)20(21,22)23/h2-10H,11H2,1H3,(H,25,27)(H,26,28). The second-order valence-electron chi connectivity index (χ2n) is 6.17. The molecule has 0 aliphatic carbocycles. The Morgan fingerprint density at radius 3 is 2.41 bits per heavy atom. The fraction of sp³-hybridized carbons (Fsp3) is 0.150. The summed E-state index contributed by atoms with van der Waals surface area (Å²) >= 11 is 0. The van der Waals surface area contributed by atoms with Gasteiger partial charge in [-0.1, -0.05) is 35.9 Å². The Balaban J connectivity index is 1.69. The summed E-state index contributed by atoms with van der Waals surface area (Å²) in [5.74, 6) is -1.43. The first-order chi connectivity index (χ1) is 13.8. The molecule has 0 aliphatic rings. The van der Waals surface area contributed by atoms with Crippen LogP contribution >= 0.6 is 0 Å². The number of ether oxygens (including phenoxy) is 1. The molecular formula is C20H16F3N3O3. The van der Waals surface area contributed by atoms with E-state index in [1.165, 1.54) is 18.2 Å². The van der Waals surface area contributed by atoms with Crippen LogP contribution in [0.25, 0.3) is 10.9 Å². The first-order valence-electron chi connectivity index (χ1n) is 8.49. The highest BCUT2D eigenvalue weighted by Gasteiger charge is 2.37. The Kier molecular flexibility index (Phi) is 5.67. The van der Waals surface area contributed by atoms with E-state index in [1.54, 1.807) is 30.3 Å². The lowest BCUT2D eigenvalue weighted by atomic mass is 10.0. The van der Waals surface area contributed by atoms with E-state index in [4.69, 9.17) is 4.74 Å². The highest BCUT2D eigenvalue weighted by atomic mass is 19.4. The number of hydrogen-bond acceptors (Lipinski definition) is 4. The van der Waals surface area contributed by atoms with Crippen molar-refractivity contribution in [3.8, 4) is 5.75 Å². The van der Waals surface area contributed by atoms with Gasteiger partial charge in [0.2, 0.25) is 0 Å². The van der Waals surface area contributed by atoms with Gasteiger partial charge in [0, 0.05) is 11.6 Å². The van der Waals surface area contributed by atoms with Crippen molar-refractivity contribution in [1.29, 1.82) is 0 Å². The molecule has 0 saturated heterocycles. The van der Waals surface area contributed by atoms with Gasteiger partial charge in [-0.2, -0.15) is 13.2 Å². The zero-order chi connectivity index (χ0) is 21.0. The number of halogens is 3. The molecule has 1 aromatic heterocycles. The van der Waals surface area contributed by atoms with Crippen LogP contribution in [0.3, 0.4) is 0 Å². The van der Waals surface area contributed by atoms with Crippen molar-refractivity contribution < 1.29 is 27.5 Å². The minimum absolute atomic E-state index is 0.104. The van der Waals surface area contributed by atoms with Gasteiger partial charge in [-0.15, -0.1) is 0 Å². The second kappa shape index (κ2) is 8.17. The number of rotatable bonds is 4. The van der Waals surface area contributed by atoms with Crippen LogP contribution in [0.15, 0.2) is 54.7 Å². The lowest BCUT2D eigenvalue weighted by Gasteiger charge is -2.15. The molecule has 2 N–H and O–H groups in total. The van der Waals surface area contributed by atoms with Crippen LogP contribution in [-0.2, 0) is 11.0 Å². The van der Waals surface area contributed by atoms with Crippen molar-refractivity contribution in [3.05, 3.63) is 71.4 Å². The minimum atomic E-state index is -4.78. The average molecular weight is 403 g/mol. The first-order valence-corrected chi connectivity index (χ1v) is 8.49. The zero-order valence-electron chi connectivity index (χ0n) is 15.2. The maximum atomic E-state index is 13.6. The summed E-state index contributed by atoms with van der Waals surface area (Å²) in [4.78, 5) is 28.0. The number of benzene rings is 2. The van der Waals surface area contributed by atoms with Gasteiger partial charge in [-0.25, -0.2) is 0 Å². The average Bonchev–Trinajstić information content (AvgIpc) is 2.70. The molecule has 0 bridgehead atoms. The van der Waals surface area contributed by atoms with Gasteiger partial charge in [0.15, 0.2) is 6.61 Å². The van der Waals surface area contributed by atoms with Crippen molar-refractivity contribution in [2.45, 2.75) is 13.1 Å². The number of aromatic nitrogens is 1. The van der Waals surface area contributed by atoms with Crippen LogP contribution in [0, 0.1) is 6.92 Å². The van der Waals surface area contributed by atoms with Gasteiger partial charge >= 0.3 is 6.18 Å². The van der Waals surface area contributed by atoms with E-state index in [9.17, 15) is 22.8 Å². The van der Waals surface area contributed by atoms with Crippen LogP contribution in [0.1, 0.15) is 21.5 Å². The quantitative estimate of drug-likeness (QED) is 0.655. The highest BCUT2D eigenvalue weighted by molar-refractivity contribution is 6.01. The molecule has 0 aliphatic heterocycles. The van der Waals surface area contributed by atoms with Crippen LogP contribution < -0.4 is 15.6 Å². The van der Waals surface area contributed by atoms with E-state index in [0.29, 0.717) is 5.75 Å². The molecule has 3 rings (SSSR count). The predicted molar refractivity (Wildman–Crippen MR) is 99.0 cm³/mol. The molecular weight excluding hydrogens is 387 g/mol. The molecule has 0 unspecified atom stereocenters. The number of pyridine rings is 1. The molecule has 2 amide bonds. The van der Waals surface area contributed by atoms with E-state index in [-0.39, 0.29) is 10.9 Å². The third-order valence-corrected chi connectivity index (χ3v) is 4.01. The Morgan fingerprint density at radius 1 is 1.03 bits per heavy atom. The molecule has 150 valence electrons. The number of nitrogens with zero attached hydrogens (tertiary/aromatic N) is 1. The van der Waals surface area contributed by atoms with Gasteiger partial charge in [0.05, 0.1) is 16.6 Å². The number of alkyl halides is 3. The van der Waals surface area contributed by atoms with Gasteiger partial charge in [-0.3, -0.25) is 25.4 Å². The maximum Gasteiger partial charge on any atom is 0.417 e. The summed E-state index contributed by atoms with van der Waals surface area (Å²) in [6, 6.07) is 12.5. The number of hydrazine groups is 1. The Hall–Kier alpha value is -3.62. The number of carbonyl (C=O) groups excluding carboxylic acids is 2. The topological polar surface area (TPSA) is 80.3 Å². The largest absolute Gasteiger partial charge is 0.484 e. The summed E-state index contributed by atoms with van der Waals surface area (Å²) in [6.45, 7) is 1.47. The van der Waals surface area contributed by atoms with Crippen molar-refractivity contribution >= 4 is 22.7 Å². The third-order valence-electron chi connectivity index (χ3n) is 4.01. The predicted octanol–water partition coefficient (Wildman–Crippen LogP) is 3.40. The Bertz CT molecular complexity index is 1050. The number of aryl methyl sites for hydroxylation is 1. The fourth-order valence-corrected chi connectivity index (χ4v) is 2.63. The monoisotopic (exact) mass is 403 g/mol. The summed E-state index contributed by atoms with van der Waals surface area (Å²) in [6.07, 6.45) is -3.96. The molecule has 0 fully saturated rings. The Morgan fingerprint density at radius 2 is 1.72 bits per heavy atom. The second-order valence-corrected chi connectivity index (χ2v) is 6.17. The molecule has 3 aromatic rings. The normalized spacial score (nSPS) is 11.2. The SMILES string of the molecule is Cc1ccc(OCC(=O)NNC(=O)c2cnc3ccccc3c2C(F)(F)F)cc1. The third kappa shape index (κ3) is 4.81. The molecule has 2 aromatic carbocycles. The van der Waals surface area contributed by atoms with Crippen LogP contribution in [0.4, 0.5) is 13.2 Å². The highest BCUT2D eigenvalue weighted by Crippen LogP contribution is 2.36. The zero-order valence-corrected chi connectivity index (χ0v) is 15.2. The smallest absolute Gasteiger partial charge is 0.417 e. The maximum absolute atomic E-state index is 13.6. The van der Waals surface area contributed by atoms with Crippen molar-refractivity contribution in [2.24, 2.45) is 0 Å². The van der Waals surface area contributed by atoms with Crippen molar-refractivity contribution in [3.63, 3.8) is 0 Å². The molecule has 6 nitrogen and oxygen atoms in total. The van der Waals surface area contributed by atoms with Gasteiger partial charge in [0.1, 0.15) is 5.75 Å². The Labute approximate surface area is 163 Å². The number of carbonyl (C=O) groups is 2. The number of para-hydroxylation sites is 1. The number of nitrogens with one attached hydrogen (secondary N) is 2. The van der Waals surface area contributed by atoms with Gasteiger partial charge < -0.3 is 4.74 Å². The minimum Gasteiger partial charge on any atom is -0.484 e. The number of fused-ring (bicyclic) bond motifs is 1. The lowest BCUT2D eigenvalue weighted by molar-refractivity contribution is -0.136. The number of hydrogen-bond donors (Lipinski definition) is 2. The van der Waals surface area contributed by atoms with Crippen molar-refractivity contribution in [1.82, 2.24) is 15.8 Å². The molecule has 0 spiro atoms. The van der Waals surface area contributed by atoms with E-state index >= 15 is 0 Å². The van der Waals surface area contributed by atoms with Crippen LogP contribution in [-0.4, -0.2) is 23.4 Å². The molecule has 0 saturated carbocycles. The molecule has 0 radical (unpaired) electrons. The summed E-state index contributed by atoms with van der Waals surface area (Å²) in [5.41, 5.74) is 3.29. The first kappa shape index (κ1) is 20.1. The number of amides is 2. The molecule has 29 heavy (non-hydrogen) atoms. The van der Waals surface area contributed by atoms with Gasteiger partial charge in [-0.05, 0) is 25.1 Å². The molecule has 9 heteroatoms. The van der Waals surface area contributed by atoms with E-state index in [1.807, 2.05) is 17.8 Å².